The van der Waals surface area contributed by atoms with Crippen molar-refractivity contribution < 1.29 is 13.2 Å². The first-order valence-electron chi connectivity index (χ1n) is 6.59. The SMILES string of the molecule is COCCNCCNS(=O)(=O)N1CC2CCC1C2.Cl. The van der Waals surface area contributed by atoms with Gasteiger partial charge in [0.2, 0.25) is 0 Å². The van der Waals surface area contributed by atoms with Gasteiger partial charge < -0.3 is 10.1 Å². The van der Waals surface area contributed by atoms with Crippen LogP contribution in [0.25, 0.3) is 0 Å². The summed E-state index contributed by atoms with van der Waals surface area (Å²) < 4.78 is 33.3. The Kier molecular flexibility index (Phi) is 6.99. The fourth-order valence-electron chi connectivity index (χ4n) is 2.82. The molecule has 19 heavy (non-hydrogen) atoms. The highest BCUT2D eigenvalue weighted by atomic mass is 35.5. The van der Waals surface area contributed by atoms with Crippen molar-refractivity contribution in [1.82, 2.24) is 14.3 Å². The van der Waals surface area contributed by atoms with Crippen molar-refractivity contribution in [2.45, 2.75) is 25.3 Å². The third kappa shape index (κ3) is 4.54. The molecule has 0 aromatic heterocycles. The molecule has 2 unspecified atom stereocenters. The Morgan fingerprint density at radius 1 is 1.26 bits per heavy atom. The average molecular weight is 314 g/mol. The van der Waals surface area contributed by atoms with Crippen molar-refractivity contribution in [3.05, 3.63) is 0 Å². The Labute approximate surface area is 121 Å². The van der Waals surface area contributed by atoms with Crippen LogP contribution in [0.5, 0.6) is 0 Å². The highest BCUT2D eigenvalue weighted by Crippen LogP contribution is 2.38. The number of hydrogen-bond acceptors (Lipinski definition) is 4. The summed E-state index contributed by atoms with van der Waals surface area (Å²) in [5, 5.41) is 3.11. The van der Waals surface area contributed by atoms with E-state index in [1.807, 2.05) is 0 Å². The highest BCUT2D eigenvalue weighted by Gasteiger charge is 2.43. The van der Waals surface area contributed by atoms with Gasteiger partial charge in [-0.05, 0) is 25.2 Å². The number of fused-ring (bicyclic) bond motifs is 2. The van der Waals surface area contributed by atoms with Crippen molar-refractivity contribution in [2.24, 2.45) is 5.92 Å². The molecule has 0 aromatic rings. The molecule has 2 bridgehead atoms. The molecular weight excluding hydrogens is 290 g/mol. The molecule has 2 N–H and O–H groups in total. The van der Waals surface area contributed by atoms with Gasteiger partial charge in [-0.25, -0.2) is 4.72 Å². The molecule has 1 aliphatic carbocycles. The molecule has 0 aromatic carbocycles. The van der Waals surface area contributed by atoms with Crippen LogP contribution < -0.4 is 10.0 Å². The molecule has 0 radical (unpaired) electrons. The van der Waals surface area contributed by atoms with Crippen LogP contribution in [0.3, 0.4) is 0 Å². The molecule has 1 saturated heterocycles. The minimum Gasteiger partial charge on any atom is -0.383 e. The average Bonchev–Trinajstić information content (AvgIpc) is 2.96. The maximum Gasteiger partial charge on any atom is 0.279 e. The predicted molar refractivity (Wildman–Crippen MR) is 76.8 cm³/mol. The minimum absolute atomic E-state index is 0. The fourth-order valence-corrected chi connectivity index (χ4v) is 4.34. The number of halogens is 1. The normalized spacial score (nSPS) is 26.6. The number of nitrogens with zero attached hydrogens (tertiary/aromatic N) is 1. The van der Waals surface area contributed by atoms with Gasteiger partial charge in [-0.2, -0.15) is 12.7 Å². The molecule has 1 saturated carbocycles. The second kappa shape index (κ2) is 7.75. The molecule has 114 valence electrons. The molecule has 8 heteroatoms. The lowest BCUT2D eigenvalue weighted by atomic mass is 10.1. The van der Waals surface area contributed by atoms with E-state index < -0.39 is 10.2 Å². The maximum atomic E-state index is 12.1. The summed E-state index contributed by atoms with van der Waals surface area (Å²) in [7, 11) is -1.63. The van der Waals surface area contributed by atoms with Gasteiger partial charge in [0.05, 0.1) is 6.61 Å². The molecule has 2 aliphatic rings. The summed E-state index contributed by atoms with van der Waals surface area (Å²) in [6.07, 6.45) is 3.26. The summed E-state index contributed by atoms with van der Waals surface area (Å²) in [6, 6.07) is 0.244. The third-order valence-electron chi connectivity index (χ3n) is 3.74. The Hall–Kier alpha value is 0.0800. The largest absolute Gasteiger partial charge is 0.383 e. The first-order valence-corrected chi connectivity index (χ1v) is 8.03. The number of nitrogens with one attached hydrogen (secondary N) is 2. The minimum atomic E-state index is -3.27. The van der Waals surface area contributed by atoms with Crippen LogP contribution in [-0.4, -0.2) is 58.7 Å². The zero-order valence-electron chi connectivity index (χ0n) is 11.3. The molecule has 2 atom stereocenters. The molecule has 2 rings (SSSR count). The Morgan fingerprint density at radius 3 is 2.63 bits per heavy atom. The Balaban J connectivity index is 0.00000180. The maximum absolute atomic E-state index is 12.1. The van der Waals surface area contributed by atoms with Crippen LogP contribution in [-0.2, 0) is 14.9 Å². The highest BCUT2D eigenvalue weighted by molar-refractivity contribution is 7.87. The van der Waals surface area contributed by atoms with Crippen LogP contribution in [0.2, 0.25) is 0 Å². The van der Waals surface area contributed by atoms with Crippen molar-refractivity contribution >= 4 is 22.6 Å². The van der Waals surface area contributed by atoms with E-state index in [9.17, 15) is 8.42 Å². The summed E-state index contributed by atoms with van der Waals surface area (Å²) in [4.78, 5) is 0. The number of piperidine rings is 1. The zero-order chi connectivity index (χ0) is 13.0. The summed E-state index contributed by atoms with van der Waals surface area (Å²) in [5.41, 5.74) is 0. The molecule has 2 fully saturated rings. The van der Waals surface area contributed by atoms with Gasteiger partial charge in [-0.15, -0.1) is 12.4 Å². The van der Waals surface area contributed by atoms with E-state index >= 15 is 0 Å². The van der Waals surface area contributed by atoms with E-state index in [1.165, 1.54) is 6.42 Å². The quantitative estimate of drug-likeness (QED) is 0.617. The van der Waals surface area contributed by atoms with Crippen molar-refractivity contribution in [1.29, 1.82) is 0 Å². The molecule has 0 spiro atoms. The van der Waals surface area contributed by atoms with Crippen molar-refractivity contribution in [2.75, 3.05) is 39.9 Å². The Bertz CT molecular complexity index is 366. The fraction of sp³-hybridized carbons (Fsp3) is 1.00. The summed E-state index contributed by atoms with van der Waals surface area (Å²) >= 11 is 0. The topological polar surface area (TPSA) is 70.7 Å². The number of hydrogen-bond donors (Lipinski definition) is 2. The van der Waals surface area contributed by atoms with Crippen LogP contribution in [0, 0.1) is 5.92 Å². The number of ether oxygens (including phenoxy) is 1. The number of rotatable bonds is 8. The van der Waals surface area contributed by atoms with Gasteiger partial charge in [0.1, 0.15) is 0 Å². The van der Waals surface area contributed by atoms with Gasteiger partial charge in [-0.3, -0.25) is 0 Å². The van der Waals surface area contributed by atoms with Gasteiger partial charge in [-0.1, -0.05) is 0 Å². The van der Waals surface area contributed by atoms with Gasteiger partial charge in [0, 0.05) is 39.3 Å². The molecule has 1 aliphatic heterocycles. The van der Waals surface area contributed by atoms with Crippen molar-refractivity contribution in [3.8, 4) is 0 Å². The van der Waals surface area contributed by atoms with Crippen LogP contribution in [0.4, 0.5) is 0 Å². The molecular formula is C11H24ClN3O3S. The molecule has 1 heterocycles. The van der Waals surface area contributed by atoms with E-state index in [0.717, 1.165) is 19.4 Å². The lowest BCUT2D eigenvalue weighted by molar-refractivity contribution is 0.199. The van der Waals surface area contributed by atoms with Gasteiger partial charge in [0.15, 0.2) is 0 Å². The van der Waals surface area contributed by atoms with Gasteiger partial charge in [0.25, 0.3) is 10.2 Å². The Morgan fingerprint density at radius 2 is 2.05 bits per heavy atom. The second-order valence-corrected chi connectivity index (χ2v) is 6.75. The number of methoxy groups -OCH3 is 1. The van der Waals surface area contributed by atoms with Crippen molar-refractivity contribution in [3.63, 3.8) is 0 Å². The van der Waals surface area contributed by atoms with Crippen LogP contribution >= 0.6 is 12.4 Å². The standard InChI is InChI=1S/C11H23N3O3S.ClH/c1-17-7-6-12-4-5-13-18(15,16)14-9-10-2-3-11(14)8-10;/h10-13H,2-9H2,1H3;1H. The van der Waals surface area contributed by atoms with E-state index in [0.29, 0.717) is 32.2 Å². The van der Waals surface area contributed by atoms with Gasteiger partial charge >= 0.3 is 0 Å². The molecule has 6 nitrogen and oxygen atoms in total. The van der Waals surface area contributed by atoms with E-state index in [4.69, 9.17) is 4.74 Å². The first kappa shape index (κ1) is 17.1. The predicted octanol–water partition coefficient (Wildman–Crippen LogP) is -0.0371. The van der Waals surface area contributed by atoms with E-state index in [-0.39, 0.29) is 18.4 Å². The first-order chi connectivity index (χ1) is 8.63. The third-order valence-corrected chi connectivity index (χ3v) is 5.37. The summed E-state index contributed by atoms with van der Waals surface area (Å²) in [5.74, 6) is 0.589. The van der Waals surface area contributed by atoms with Crippen LogP contribution in [0.1, 0.15) is 19.3 Å². The van der Waals surface area contributed by atoms with E-state index in [1.54, 1.807) is 11.4 Å². The lowest BCUT2D eigenvalue weighted by Crippen LogP contribution is -2.46. The monoisotopic (exact) mass is 313 g/mol. The van der Waals surface area contributed by atoms with Crippen LogP contribution in [0.15, 0.2) is 0 Å². The molecule has 0 amide bonds. The summed E-state index contributed by atoms with van der Waals surface area (Å²) in [6.45, 7) is 3.15. The van der Waals surface area contributed by atoms with E-state index in [2.05, 4.69) is 10.0 Å². The smallest absolute Gasteiger partial charge is 0.279 e. The second-order valence-electron chi connectivity index (χ2n) is 5.04. The zero-order valence-corrected chi connectivity index (χ0v) is 12.9. The lowest BCUT2D eigenvalue weighted by Gasteiger charge is -2.26.